The number of carbonyl (C=O) groups excluding carboxylic acids is 2. The number of methoxy groups -OCH3 is 2. The van der Waals surface area contributed by atoms with Crippen molar-refractivity contribution in [3.63, 3.8) is 0 Å². The van der Waals surface area contributed by atoms with Crippen LogP contribution in [0, 0.1) is 0 Å². The van der Waals surface area contributed by atoms with E-state index in [1.54, 1.807) is 14.2 Å². The summed E-state index contributed by atoms with van der Waals surface area (Å²) in [7, 11) is 3.19. The number of nitrogens with one attached hydrogen (secondary N) is 1. The second-order valence-electron chi connectivity index (χ2n) is 7.39. The SMILES string of the molecule is COc1ccc([C@@H]2CC(=O)C3=C(C2)NC(=O)C[C@@H]3c2ccc(Br)cc2)cc1OC. The van der Waals surface area contributed by atoms with E-state index < -0.39 is 0 Å². The van der Waals surface area contributed by atoms with Crippen molar-refractivity contribution in [2.75, 3.05) is 14.2 Å². The van der Waals surface area contributed by atoms with Crippen LogP contribution in [0.15, 0.2) is 58.2 Å². The Hall–Kier alpha value is -2.60. The molecular weight excluding hydrogens is 434 g/mol. The lowest BCUT2D eigenvalue weighted by molar-refractivity contribution is -0.122. The highest BCUT2D eigenvalue weighted by atomic mass is 79.9. The Morgan fingerprint density at radius 2 is 1.59 bits per heavy atom. The maximum Gasteiger partial charge on any atom is 0.225 e. The van der Waals surface area contributed by atoms with Crippen molar-refractivity contribution in [2.45, 2.75) is 31.1 Å². The molecule has 0 radical (unpaired) electrons. The van der Waals surface area contributed by atoms with Crippen molar-refractivity contribution in [3.05, 3.63) is 69.3 Å². The Kier molecular flexibility index (Phi) is 5.46. The van der Waals surface area contributed by atoms with Crippen LogP contribution in [-0.2, 0) is 9.59 Å². The summed E-state index contributed by atoms with van der Waals surface area (Å²) >= 11 is 3.44. The Labute approximate surface area is 178 Å². The van der Waals surface area contributed by atoms with Crippen molar-refractivity contribution in [3.8, 4) is 11.5 Å². The molecule has 0 bridgehead atoms. The number of allylic oxidation sites excluding steroid dienone is 2. The van der Waals surface area contributed by atoms with E-state index in [0.717, 1.165) is 26.9 Å². The van der Waals surface area contributed by atoms with Crippen molar-refractivity contribution < 1.29 is 19.1 Å². The molecule has 2 atom stereocenters. The Balaban J connectivity index is 1.68. The molecule has 2 aliphatic rings. The molecule has 4 rings (SSSR count). The monoisotopic (exact) mass is 455 g/mol. The van der Waals surface area contributed by atoms with E-state index in [4.69, 9.17) is 9.47 Å². The lowest BCUT2D eigenvalue weighted by Gasteiger charge is -2.34. The molecule has 1 aliphatic heterocycles. The van der Waals surface area contributed by atoms with Crippen LogP contribution in [0.5, 0.6) is 11.5 Å². The molecule has 0 saturated carbocycles. The van der Waals surface area contributed by atoms with Gasteiger partial charge in [0.15, 0.2) is 17.3 Å². The first-order valence-corrected chi connectivity index (χ1v) is 10.3. The van der Waals surface area contributed by atoms with E-state index >= 15 is 0 Å². The minimum Gasteiger partial charge on any atom is -0.493 e. The van der Waals surface area contributed by atoms with Gasteiger partial charge < -0.3 is 14.8 Å². The van der Waals surface area contributed by atoms with E-state index in [1.165, 1.54) is 0 Å². The summed E-state index contributed by atoms with van der Waals surface area (Å²) < 4.78 is 11.7. The van der Waals surface area contributed by atoms with Crippen molar-refractivity contribution in [1.82, 2.24) is 5.32 Å². The minimum atomic E-state index is -0.189. The molecule has 0 aromatic heterocycles. The minimum absolute atomic E-state index is 0.00924. The van der Waals surface area contributed by atoms with Gasteiger partial charge in [-0.15, -0.1) is 0 Å². The fourth-order valence-electron chi connectivity index (χ4n) is 4.28. The number of hydrogen-bond donors (Lipinski definition) is 1. The molecule has 150 valence electrons. The van der Waals surface area contributed by atoms with Crippen LogP contribution in [0.25, 0.3) is 0 Å². The topological polar surface area (TPSA) is 64.6 Å². The molecule has 5 nitrogen and oxygen atoms in total. The number of rotatable bonds is 4. The molecule has 2 aromatic carbocycles. The molecular formula is C23H22BrNO4. The lowest BCUT2D eigenvalue weighted by Crippen LogP contribution is -2.38. The van der Waals surface area contributed by atoms with Gasteiger partial charge in [0.05, 0.1) is 14.2 Å². The van der Waals surface area contributed by atoms with Crippen LogP contribution in [0.2, 0.25) is 0 Å². The van der Waals surface area contributed by atoms with Crippen LogP contribution in [-0.4, -0.2) is 25.9 Å². The predicted octanol–water partition coefficient (Wildman–Crippen LogP) is 4.47. The van der Waals surface area contributed by atoms with Crippen molar-refractivity contribution >= 4 is 27.6 Å². The summed E-state index contributed by atoms with van der Waals surface area (Å²) in [4.78, 5) is 25.6. The number of ether oxygens (including phenoxy) is 2. The van der Waals surface area contributed by atoms with E-state index in [-0.39, 0.29) is 23.5 Å². The van der Waals surface area contributed by atoms with Gasteiger partial charge in [-0.25, -0.2) is 0 Å². The van der Waals surface area contributed by atoms with Gasteiger partial charge in [-0.1, -0.05) is 34.1 Å². The second kappa shape index (κ2) is 8.03. The number of ketones is 1. The van der Waals surface area contributed by atoms with Crippen LogP contribution >= 0.6 is 15.9 Å². The molecule has 0 unspecified atom stereocenters. The maximum atomic E-state index is 13.2. The summed E-state index contributed by atoms with van der Waals surface area (Å²) in [6.45, 7) is 0. The van der Waals surface area contributed by atoms with Crippen LogP contribution in [0.4, 0.5) is 0 Å². The van der Waals surface area contributed by atoms with Gasteiger partial charge in [0.1, 0.15) is 0 Å². The third-order valence-electron chi connectivity index (χ3n) is 5.69. The molecule has 6 heteroatoms. The van der Waals surface area contributed by atoms with E-state index in [0.29, 0.717) is 30.8 Å². The Morgan fingerprint density at radius 1 is 0.897 bits per heavy atom. The van der Waals surface area contributed by atoms with Gasteiger partial charge in [-0.2, -0.15) is 0 Å². The van der Waals surface area contributed by atoms with Gasteiger partial charge in [-0.3, -0.25) is 9.59 Å². The number of Topliss-reactive ketones (excluding diaryl/α,β-unsaturated/α-hetero) is 1. The molecule has 2 aromatic rings. The highest BCUT2D eigenvalue weighted by molar-refractivity contribution is 9.10. The average Bonchev–Trinajstić information content (AvgIpc) is 2.72. The molecule has 29 heavy (non-hydrogen) atoms. The van der Waals surface area contributed by atoms with Crippen LogP contribution in [0.3, 0.4) is 0 Å². The average molecular weight is 456 g/mol. The highest BCUT2D eigenvalue weighted by Crippen LogP contribution is 2.43. The summed E-state index contributed by atoms with van der Waals surface area (Å²) in [5, 5.41) is 2.97. The summed E-state index contributed by atoms with van der Waals surface area (Å²) in [6, 6.07) is 13.6. The van der Waals surface area contributed by atoms with Crippen LogP contribution < -0.4 is 14.8 Å². The fraction of sp³-hybridized carbons (Fsp3) is 0.304. The molecule has 0 spiro atoms. The standard InChI is InChI=1S/C23H22BrNO4/c1-28-20-8-5-14(11-21(20)29-2)15-9-18-23(19(26)10-15)17(12-22(27)25-18)13-3-6-16(24)7-4-13/h3-8,11,15,17H,9-10,12H2,1-2H3,(H,25,27)/t15-,17+/m0/s1. The van der Waals surface area contributed by atoms with Gasteiger partial charge in [0.25, 0.3) is 0 Å². The zero-order chi connectivity index (χ0) is 20.5. The highest BCUT2D eigenvalue weighted by Gasteiger charge is 2.38. The number of hydrogen-bond acceptors (Lipinski definition) is 4. The molecule has 1 heterocycles. The van der Waals surface area contributed by atoms with Gasteiger partial charge >= 0.3 is 0 Å². The van der Waals surface area contributed by atoms with Crippen molar-refractivity contribution in [1.29, 1.82) is 0 Å². The first-order chi connectivity index (χ1) is 14.0. The second-order valence-corrected chi connectivity index (χ2v) is 8.31. The first-order valence-electron chi connectivity index (χ1n) is 9.53. The Morgan fingerprint density at radius 3 is 2.28 bits per heavy atom. The van der Waals surface area contributed by atoms with E-state index in [9.17, 15) is 9.59 Å². The summed E-state index contributed by atoms with van der Waals surface area (Å²) in [5.74, 6) is 1.14. The number of carbonyl (C=O) groups is 2. The van der Waals surface area contributed by atoms with E-state index in [1.807, 2.05) is 42.5 Å². The zero-order valence-corrected chi connectivity index (χ0v) is 17.9. The van der Waals surface area contributed by atoms with Gasteiger partial charge in [-0.05, 0) is 47.7 Å². The molecule has 0 fully saturated rings. The third-order valence-corrected chi connectivity index (χ3v) is 6.22. The summed E-state index contributed by atoms with van der Waals surface area (Å²) in [5.41, 5.74) is 3.50. The largest absolute Gasteiger partial charge is 0.493 e. The third kappa shape index (κ3) is 3.81. The number of amides is 1. The smallest absolute Gasteiger partial charge is 0.225 e. The maximum absolute atomic E-state index is 13.2. The molecule has 1 amide bonds. The normalized spacial score (nSPS) is 21.5. The first kappa shape index (κ1) is 19.7. The molecule has 0 saturated heterocycles. The zero-order valence-electron chi connectivity index (χ0n) is 16.3. The molecule has 1 N–H and O–H groups in total. The number of halogens is 1. The van der Waals surface area contributed by atoms with Crippen LogP contribution in [0.1, 0.15) is 42.2 Å². The van der Waals surface area contributed by atoms with E-state index in [2.05, 4.69) is 21.2 Å². The predicted molar refractivity (Wildman–Crippen MR) is 113 cm³/mol. The molecule has 1 aliphatic carbocycles. The number of benzene rings is 2. The van der Waals surface area contributed by atoms with Gasteiger partial charge in [0, 0.05) is 34.5 Å². The lowest BCUT2D eigenvalue weighted by atomic mass is 9.73. The van der Waals surface area contributed by atoms with Crippen molar-refractivity contribution in [2.24, 2.45) is 0 Å². The fourth-order valence-corrected chi connectivity index (χ4v) is 4.55. The van der Waals surface area contributed by atoms with Gasteiger partial charge in [0.2, 0.25) is 5.91 Å². The quantitative estimate of drug-likeness (QED) is 0.738. The summed E-state index contributed by atoms with van der Waals surface area (Å²) in [6.07, 6.45) is 1.33. The Bertz CT molecular complexity index is 996.